The lowest BCUT2D eigenvalue weighted by molar-refractivity contribution is 0.137. The molecule has 7 N–H and O–H groups in total. The second-order valence-corrected chi connectivity index (χ2v) is 10.1. The number of aromatic amines is 1. The number of aromatic nitrogens is 4. The largest absolute Gasteiger partial charge is 0.465 e. The molecule has 1 unspecified atom stereocenters. The van der Waals surface area contributed by atoms with Crippen molar-refractivity contribution in [2.45, 2.75) is 40.2 Å². The Balaban J connectivity index is 1.66. The Morgan fingerprint density at radius 2 is 2.00 bits per heavy atom. The molecule has 0 saturated carbocycles. The Morgan fingerprint density at radius 1 is 1.24 bits per heavy atom. The number of nitrogens with zero attached hydrogens (tertiary/aromatic N) is 4. The average Bonchev–Trinajstić information content (AvgIpc) is 3.10. The summed E-state index contributed by atoms with van der Waals surface area (Å²) >= 11 is 0. The maximum Gasteiger partial charge on any atom is 0.404 e. The smallest absolute Gasteiger partial charge is 0.404 e. The first kappa shape index (κ1) is 22.6. The van der Waals surface area contributed by atoms with Gasteiger partial charge in [0.2, 0.25) is 5.95 Å². The zero-order valence-corrected chi connectivity index (χ0v) is 19.5. The first-order valence-corrected chi connectivity index (χ1v) is 11.1. The molecule has 1 aliphatic rings. The van der Waals surface area contributed by atoms with Gasteiger partial charge in [-0.3, -0.25) is 5.10 Å². The van der Waals surface area contributed by atoms with E-state index in [1.165, 1.54) is 0 Å². The van der Waals surface area contributed by atoms with Crippen molar-refractivity contribution in [1.82, 2.24) is 25.5 Å². The molecule has 33 heavy (non-hydrogen) atoms. The summed E-state index contributed by atoms with van der Waals surface area (Å²) in [5, 5.41) is 20.0. The third-order valence-corrected chi connectivity index (χ3v) is 6.32. The van der Waals surface area contributed by atoms with Gasteiger partial charge in [-0.1, -0.05) is 33.8 Å². The Kier molecular flexibility index (Phi) is 5.77. The topological polar surface area (TPSA) is 159 Å². The van der Waals surface area contributed by atoms with E-state index in [9.17, 15) is 9.90 Å². The van der Waals surface area contributed by atoms with Gasteiger partial charge >= 0.3 is 6.09 Å². The lowest BCUT2D eigenvalue weighted by atomic mass is 9.74. The van der Waals surface area contributed by atoms with Gasteiger partial charge in [0.15, 0.2) is 5.82 Å². The molecule has 0 radical (unpaired) electrons. The highest BCUT2D eigenvalue weighted by molar-refractivity contribution is 5.91. The normalized spacial score (nSPS) is 20.1. The van der Waals surface area contributed by atoms with Crippen LogP contribution >= 0.6 is 0 Å². The van der Waals surface area contributed by atoms with Crippen LogP contribution in [0.4, 0.5) is 22.4 Å². The fourth-order valence-electron chi connectivity index (χ4n) is 4.97. The average molecular weight is 453 g/mol. The van der Waals surface area contributed by atoms with Gasteiger partial charge < -0.3 is 26.8 Å². The van der Waals surface area contributed by atoms with Crippen LogP contribution in [0.1, 0.15) is 34.1 Å². The van der Waals surface area contributed by atoms with Crippen LogP contribution in [0, 0.1) is 17.3 Å². The van der Waals surface area contributed by atoms with Crippen LogP contribution in [0.25, 0.3) is 22.2 Å². The third kappa shape index (κ3) is 4.79. The highest BCUT2D eigenvalue weighted by Crippen LogP contribution is 2.35. The molecule has 0 spiro atoms. The molecular weight excluding hydrogens is 420 g/mol. The minimum atomic E-state index is -0.997. The van der Waals surface area contributed by atoms with Crippen LogP contribution in [0.5, 0.6) is 0 Å². The van der Waals surface area contributed by atoms with Crippen molar-refractivity contribution in [2.24, 2.45) is 17.3 Å². The summed E-state index contributed by atoms with van der Waals surface area (Å²) in [7, 11) is 0. The molecule has 0 aliphatic carbocycles. The monoisotopic (exact) mass is 452 g/mol. The standard InChI is InChI=1S/C23H32N8O2/c1-12-7-14(19(23(2,3)4)28-22(32)33)11-31(10-12)18-9-16(26-21(25)27-18)13-5-6-15-17(8-13)29-30-20(15)24/h5-6,8-9,12,14,19,28H,7,10-11H2,1-4H3,(H,32,33)(H3,24,29,30)(H2,25,26,27)/t12-,14-,19?/m1/s1. The molecule has 3 aromatic rings. The van der Waals surface area contributed by atoms with Gasteiger partial charge in [-0.25, -0.2) is 9.78 Å². The molecule has 1 aliphatic heterocycles. The van der Waals surface area contributed by atoms with Crippen LogP contribution in [0.3, 0.4) is 0 Å². The molecule has 1 aromatic carbocycles. The van der Waals surface area contributed by atoms with E-state index in [1.54, 1.807) is 0 Å². The van der Waals surface area contributed by atoms with Gasteiger partial charge in [-0.15, -0.1) is 0 Å². The summed E-state index contributed by atoms with van der Waals surface area (Å²) in [4.78, 5) is 22.7. The number of amides is 1. The van der Waals surface area contributed by atoms with E-state index >= 15 is 0 Å². The number of rotatable bonds is 4. The van der Waals surface area contributed by atoms with Crippen molar-refractivity contribution in [1.29, 1.82) is 0 Å². The Bertz CT molecular complexity index is 1170. The molecular formula is C23H32N8O2. The van der Waals surface area contributed by atoms with E-state index in [4.69, 9.17) is 11.5 Å². The molecule has 176 valence electrons. The maximum atomic E-state index is 11.5. The van der Waals surface area contributed by atoms with Crippen LogP contribution < -0.4 is 21.7 Å². The molecule has 0 bridgehead atoms. The zero-order chi connectivity index (χ0) is 23.9. The predicted octanol–water partition coefficient (Wildman–Crippen LogP) is 3.33. The van der Waals surface area contributed by atoms with Crippen molar-refractivity contribution in [3.63, 3.8) is 0 Å². The van der Waals surface area contributed by atoms with E-state index in [0.29, 0.717) is 24.0 Å². The highest BCUT2D eigenvalue weighted by Gasteiger charge is 2.38. The molecule has 10 nitrogen and oxygen atoms in total. The van der Waals surface area contributed by atoms with Crippen LogP contribution in [-0.2, 0) is 0 Å². The number of hydrogen-bond donors (Lipinski definition) is 5. The highest BCUT2D eigenvalue weighted by atomic mass is 16.4. The first-order valence-electron chi connectivity index (χ1n) is 11.1. The summed E-state index contributed by atoms with van der Waals surface area (Å²) in [5.74, 6) is 1.89. The van der Waals surface area contributed by atoms with Crippen LogP contribution in [0.2, 0.25) is 0 Å². The van der Waals surface area contributed by atoms with Gasteiger partial charge in [-0.2, -0.15) is 10.1 Å². The number of benzene rings is 1. The van der Waals surface area contributed by atoms with Crippen molar-refractivity contribution in [2.75, 3.05) is 29.5 Å². The molecule has 1 amide bonds. The minimum Gasteiger partial charge on any atom is -0.465 e. The van der Waals surface area contributed by atoms with Crippen molar-refractivity contribution < 1.29 is 9.90 Å². The summed E-state index contributed by atoms with van der Waals surface area (Å²) in [6, 6.07) is 7.54. The summed E-state index contributed by atoms with van der Waals surface area (Å²) in [6.45, 7) is 9.87. The Morgan fingerprint density at radius 3 is 2.70 bits per heavy atom. The molecule has 10 heteroatoms. The molecule has 3 heterocycles. The van der Waals surface area contributed by atoms with E-state index in [0.717, 1.165) is 35.2 Å². The number of H-pyrrole nitrogens is 1. The van der Waals surface area contributed by atoms with Gasteiger partial charge in [-0.05, 0) is 35.8 Å². The zero-order valence-electron chi connectivity index (χ0n) is 19.5. The number of anilines is 3. The van der Waals surface area contributed by atoms with Gasteiger partial charge in [0, 0.05) is 36.1 Å². The van der Waals surface area contributed by atoms with E-state index in [1.807, 2.05) is 24.3 Å². The quantitative estimate of drug-likeness (QED) is 0.403. The molecule has 1 saturated heterocycles. The first-order chi connectivity index (χ1) is 15.5. The van der Waals surface area contributed by atoms with E-state index < -0.39 is 6.09 Å². The molecule has 4 rings (SSSR count). The number of nitrogen functional groups attached to an aromatic ring is 2. The summed E-state index contributed by atoms with van der Waals surface area (Å²) < 4.78 is 0. The van der Waals surface area contributed by atoms with Gasteiger partial charge in [0.25, 0.3) is 0 Å². The Labute approximate surface area is 192 Å². The summed E-state index contributed by atoms with van der Waals surface area (Å²) in [5.41, 5.74) is 14.2. The van der Waals surface area contributed by atoms with Crippen molar-refractivity contribution in [3.05, 3.63) is 24.3 Å². The molecule has 1 fully saturated rings. The van der Waals surface area contributed by atoms with E-state index in [-0.39, 0.29) is 23.3 Å². The van der Waals surface area contributed by atoms with Crippen LogP contribution in [-0.4, -0.2) is 50.5 Å². The van der Waals surface area contributed by atoms with Gasteiger partial charge in [0.1, 0.15) is 5.82 Å². The van der Waals surface area contributed by atoms with E-state index in [2.05, 4.69) is 58.1 Å². The lowest BCUT2D eigenvalue weighted by Crippen LogP contribution is -2.54. The number of nitrogens with one attached hydrogen (secondary N) is 2. The summed E-state index contributed by atoms with van der Waals surface area (Å²) in [6.07, 6.45) is -0.0625. The third-order valence-electron chi connectivity index (χ3n) is 6.32. The maximum absolute atomic E-state index is 11.5. The SMILES string of the molecule is C[C@@H]1C[C@@H](C(NC(=O)O)C(C)(C)C)CN(c2cc(-c3ccc4c(N)n[nH]c4c3)nc(N)n2)C1. The second-order valence-electron chi connectivity index (χ2n) is 10.1. The number of fused-ring (bicyclic) bond motifs is 1. The number of hydrogen-bond acceptors (Lipinski definition) is 7. The minimum absolute atomic E-state index is 0.133. The number of carbonyl (C=O) groups is 1. The van der Waals surface area contributed by atoms with Crippen molar-refractivity contribution >= 4 is 34.6 Å². The number of piperidine rings is 1. The number of nitrogens with two attached hydrogens (primary N) is 2. The van der Waals surface area contributed by atoms with Crippen LogP contribution in [0.15, 0.2) is 24.3 Å². The second kappa shape index (κ2) is 8.42. The lowest BCUT2D eigenvalue weighted by Gasteiger charge is -2.44. The van der Waals surface area contributed by atoms with Gasteiger partial charge in [0.05, 0.1) is 11.2 Å². The molecule has 3 atom stereocenters. The fraction of sp³-hybridized carbons (Fsp3) is 0.478. The number of carboxylic acid groups (broad SMARTS) is 1. The Hall–Kier alpha value is -3.56. The predicted molar refractivity (Wildman–Crippen MR) is 130 cm³/mol. The fourth-order valence-corrected chi connectivity index (χ4v) is 4.97. The van der Waals surface area contributed by atoms with Crippen molar-refractivity contribution in [3.8, 4) is 11.3 Å². The molecule has 2 aromatic heterocycles.